The van der Waals surface area contributed by atoms with Gasteiger partial charge in [0.25, 0.3) is 5.91 Å². The van der Waals surface area contributed by atoms with Gasteiger partial charge in [0.05, 0.1) is 0 Å². The van der Waals surface area contributed by atoms with E-state index in [0.29, 0.717) is 25.2 Å². The molecule has 0 bridgehead atoms. The second kappa shape index (κ2) is 5.66. The molecule has 0 aliphatic carbocycles. The maximum atomic E-state index is 12.3. The zero-order chi connectivity index (χ0) is 13.1. The number of halogens is 1. The predicted octanol–water partition coefficient (Wildman–Crippen LogP) is 0.190. The molecule has 0 spiro atoms. The first kappa shape index (κ1) is 13.3. The highest BCUT2D eigenvalue weighted by Gasteiger charge is 2.30. The van der Waals surface area contributed by atoms with Gasteiger partial charge in [-0.2, -0.15) is 0 Å². The third-order valence-electron chi connectivity index (χ3n) is 2.92. The van der Waals surface area contributed by atoms with E-state index in [1.807, 2.05) is 12.1 Å². The molecule has 96 valence electrons. The van der Waals surface area contributed by atoms with Crippen molar-refractivity contribution in [3.8, 4) is 0 Å². The van der Waals surface area contributed by atoms with Crippen molar-refractivity contribution in [2.75, 3.05) is 19.6 Å². The lowest BCUT2D eigenvalue weighted by Gasteiger charge is -2.34. The number of carbonyl (C=O) groups is 2. The molecule has 2 rings (SSSR count). The summed E-state index contributed by atoms with van der Waals surface area (Å²) in [6.45, 7) is 1.60. The summed E-state index contributed by atoms with van der Waals surface area (Å²) in [6, 6.07) is 6.71. The van der Waals surface area contributed by atoms with Crippen LogP contribution in [0.3, 0.4) is 0 Å². The summed E-state index contributed by atoms with van der Waals surface area (Å²) in [5.41, 5.74) is 5.91. The van der Waals surface area contributed by atoms with Gasteiger partial charge >= 0.3 is 0 Å². The monoisotopic (exact) mass is 359 g/mol. The number of hydrogen-bond donors (Lipinski definition) is 2. The molecule has 1 aromatic carbocycles. The zero-order valence-corrected chi connectivity index (χ0v) is 11.9. The second-order valence-electron chi connectivity index (χ2n) is 4.13. The van der Waals surface area contributed by atoms with Crippen molar-refractivity contribution in [2.45, 2.75) is 6.04 Å². The number of benzene rings is 1. The molecule has 1 aliphatic rings. The first-order chi connectivity index (χ1) is 8.59. The predicted molar refractivity (Wildman–Crippen MR) is 76.0 cm³/mol. The van der Waals surface area contributed by atoms with E-state index < -0.39 is 11.9 Å². The normalized spacial score (nSPS) is 19.6. The van der Waals surface area contributed by atoms with Crippen molar-refractivity contribution in [2.24, 2.45) is 5.73 Å². The topological polar surface area (TPSA) is 75.4 Å². The van der Waals surface area contributed by atoms with Crippen LogP contribution in [0.1, 0.15) is 10.4 Å². The van der Waals surface area contributed by atoms with E-state index in [1.165, 1.54) is 0 Å². The van der Waals surface area contributed by atoms with Crippen molar-refractivity contribution in [3.05, 3.63) is 33.4 Å². The van der Waals surface area contributed by atoms with E-state index in [9.17, 15) is 9.59 Å². The van der Waals surface area contributed by atoms with Gasteiger partial charge in [0, 0.05) is 28.8 Å². The molecule has 18 heavy (non-hydrogen) atoms. The maximum absolute atomic E-state index is 12.3. The molecule has 1 aliphatic heterocycles. The summed E-state index contributed by atoms with van der Waals surface area (Å²) < 4.78 is 1.07. The van der Waals surface area contributed by atoms with Gasteiger partial charge in [-0.15, -0.1) is 0 Å². The van der Waals surface area contributed by atoms with Gasteiger partial charge in [-0.1, -0.05) is 0 Å². The van der Waals surface area contributed by atoms with E-state index in [0.717, 1.165) is 3.57 Å². The molecule has 1 atom stereocenters. The van der Waals surface area contributed by atoms with Crippen LogP contribution in [-0.2, 0) is 4.79 Å². The Balaban J connectivity index is 2.20. The van der Waals surface area contributed by atoms with Crippen LogP contribution in [0.5, 0.6) is 0 Å². The van der Waals surface area contributed by atoms with Crippen molar-refractivity contribution >= 4 is 34.4 Å². The Morgan fingerprint density at radius 2 is 2.00 bits per heavy atom. The minimum Gasteiger partial charge on any atom is -0.368 e. The Morgan fingerprint density at radius 3 is 2.61 bits per heavy atom. The van der Waals surface area contributed by atoms with Gasteiger partial charge in [0.15, 0.2) is 0 Å². The average molecular weight is 359 g/mol. The lowest BCUT2D eigenvalue weighted by Crippen LogP contribution is -2.58. The minimum absolute atomic E-state index is 0.142. The number of nitrogens with one attached hydrogen (secondary N) is 1. The highest BCUT2D eigenvalue weighted by atomic mass is 127. The summed E-state index contributed by atoms with van der Waals surface area (Å²) in [5, 5.41) is 3.07. The van der Waals surface area contributed by atoms with Crippen LogP contribution < -0.4 is 11.1 Å². The summed E-state index contributed by atoms with van der Waals surface area (Å²) in [5.74, 6) is -0.613. The highest BCUT2D eigenvalue weighted by Crippen LogP contribution is 2.12. The van der Waals surface area contributed by atoms with Gasteiger partial charge < -0.3 is 16.0 Å². The van der Waals surface area contributed by atoms with Gasteiger partial charge in [-0.05, 0) is 46.9 Å². The molecule has 1 heterocycles. The lowest BCUT2D eigenvalue weighted by atomic mass is 10.1. The molecule has 3 N–H and O–H groups in total. The number of amides is 2. The van der Waals surface area contributed by atoms with Crippen molar-refractivity contribution in [1.82, 2.24) is 10.2 Å². The van der Waals surface area contributed by atoms with Crippen LogP contribution in [0, 0.1) is 3.57 Å². The summed E-state index contributed by atoms with van der Waals surface area (Å²) in [6.07, 6.45) is 0. The van der Waals surface area contributed by atoms with Crippen LogP contribution >= 0.6 is 22.6 Å². The molecule has 6 heteroatoms. The molecular formula is C12H14IN3O2. The first-order valence-electron chi connectivity index (χ1n) is 5.66. The molecular weight excluding hydrogens is 345 g/mol. The average Bonchev–Trinajstić information content (AvgIpc) is 2.39. The van der Waals surface area contributed by atoms with Gasteiger partial charge in [0.1, 0.15) is 6.04 Å². The molecule has 1 aromatic rings. The molecule has 1 unspecified atom stereocenters. The molecule has 2 amide bonds. The van der Waals surface area contributed by atoms with Crippen molar-refractivity contribution < 1.29 is 9.59 Å². The Hall–Kier alpha value is -1.15. The standard InChI is InChI=1S/C12H14IN3O2/c13-9-3-1-8(2-4-9)12(18)16-6-5-15-7-10(16)11(14)17/h1-4,10,15H,5-7H2,(H2,14,17). The number of primary amides is 1. The fraction of sp³-hybridized carbons (Fsp3) is 0.333. The van der Waals surface area contributed by atoms with Crippen molar-refractivity contribution in [1.29, 1.82) is 0 Å². The van der Waals surface area contributed by atoms with Crippen LogP contribution in [0.15, 0.2) is 24.3 Å². The molecule has 1 fully saturated rings. The quantitative estimate of drug-likeness (QED) is 0.741. The third kappa shape index (κ3) is 2.81. The number of nitrogens with zero attached hydrogens (tertiary/aromatic N) is 1. The first-order valence-corrected chi connectivity index (χ1v) is 6.74. The third-order valence-corrected chi connectivity index (χ3v) is 3.64. The van der Waals surface area contributed by atoms with E-state index in [4.69, 9.17) is 5.73 Å². The highest BCUT2D eigenvalue weighted by molar-refractivity contribution is 14.1. The fourth-order valence-corrected chi connectivity index (χ4v) is 2.32. The van der Waals surface area contributed by atoms with Crippen LogP contribution in [-0.4, -0.2) is 42.4 Å². The van der Waals surface area contributed by atoms with Crippen molar-refractivity contribution in [3.63, 3.8) is 0 Å². The van der Waals surface area contributed by atoms with Gasteiger partial charge in [0.2, 0.25) is 5.91 Å². The number of nitrogens with two attached hydrogens (primary N) is 1. The van der Waals surface area contributed by atoms with E-state index in [-0.39, 0.29) is 5.91 Å². The van der Waals surface area contributed by atoms with Crippen LogP contribution in [0.25, 0.3) is 0 Å². The van der Waals surface area contributed by atoms with E-state index in [1.54, 1.807) is 17.0 Å². The Labute approximate surface area is 119 Å². The molecule has 0 saturated carbocycles. The molecule has 0 aromatic heterocycles. The molecule has 5 nitrogen and oxygen atoms in total. The smallest absolute Gasteiger partial charge is 0.254 e. The molecule has 1 saturated heterocycles. The van der Waals surface area contributed by atoms with E-state index in [2.05, 4.69) is 27.9 Å². The fourth-order valence-electron chi connectivity index (χ4n) is 1.96. The van der Waals surface area contributed by atoms with Gasteiger partial charge in [-0.25, -0.2) is 0 Å². The number of rotatable bonds is 2. The Kier molecular flexibility index (Phi) is 4.18. The summed E-state index contributed by atoms with van der Waals surface area (Å²) in [4.78, 5) is 25.2. The Bertz CT molecular complexity index is 461. The van der Waals surface area contributed by atoms with Gasteiger partial charge in [-0.3, -0.25) is 9.59 Å². The molecule has 0 radical (unpaired) electrons. The number of hydrogen-bond acceptors (Lipinski definition) is 3. The van der Waals surface area contributed by atoms with Crippen LogP contribution in [0.4, 0.5) is 0 Å². The minimum atomic E-state index is -0.564. The summed E-state index contributed by atoms with van der Waals surface area (Å²) in [7, 11) is 0. The SMILES string of the molecule is NC(=O)C1CNCCN1C(=O)c1ccc(I)cc1. The number of carbonyl (C=O) groups excluding carboxylic acids is 2. The Morgan fingerprint density at radius 1 is 1.33 bits per heavy atom. The second-order valence-corrected chi connectivity index (χ2v) is 5.37. The van der Waals surface area contributed by atoms with E-state index >= 15 is 0 Å². The number of piperazine rings is 1. The summed E-state index contributed by atoms with van der Waals surface area (Å²) >= 11 is 2.18. The maximum Gasteiger partial charge on any atom is 0.254 e. The largest absolute Gasteiger partial charge is 0.368 e. The zero-order valence-electron chi connectivity index (χ0n) is 9.73. The lowest BCUT2D eigenvalue weighted by molar-refractivity contribution is -0.122. The van der Waals surface area contributed by atoms with Crippen LogP contribution in [0.2, 0.25) is 0 Å².